The van der Waals surface area contributed by atoms with E-state index >= 15 is 0 Å². The minimum absolute atomic E-state index is 0. The Bertz CT molecular complexity index is 29.9. The van der Waals surface area contributed by atoms with Gasteiger partial charge in [-0.2, -0.15) is 0 Å². The van der Waals surface area contributed by atoms with Gasteiger partial charge in [0.25, 0.3) is 0 Å². The molecule has 0 aliphatic heterocycles. The molecule has 0 amide bonds. The van der Waals surface area contributed by atoms with Gasteiger partial charge in [0, 0.05) is 21.1 Å². The second-order valence-corrected chi connectivity index (χ2v) is 6.04. The molecular weight excluding hydrogens is 223 g/mol. The molecule has 0 fully saturated rings. The van der Waals surface area contributed by atoms with Crippen LogP contribution in [0.3, 0.4) is 0 Å². The molecule has 0 saturated heterocycles. The Kier molecular flexibility index (Phi) is 11.8. The van der Waals surface area contributed by atoms with Crippen molar-refractivity contribution in [1.29, 1.82) is 0 Å². The monoisotopic (exact) mass is 225 g/mol. The minimum atomic E-state index is -0.870. The van der Waals surface area contributed by atoms with E-state index in [0.717, 1.165) is 0 Å². The molecule has 0 aromatic carbocycles. The van der Waals surface area contributed by atoms with E-state index in [2.05, 4.69) is 36.3 Å². The summed E-state index contributed by atoms with van der Waals surface area (Å²) in [5, 5.41) is -0.870. The molecule has 0 rings (SSSR count). The Morgan fingerprint density at radius 1 is 1.40 bits per heavy atom. The van der Waals surface area contributed by atoms with Gasteiger partial charge >= 0.3 is 0 Å². The average molecular weight is 223 g/mol. The maximum atomic E-state index is 4.31. The van der Waals surface area contributed by atoms with Crippen LogP contribution in [0, 0.1) is 0 Å². The van der Waals surface area contributed by atoms with Gasteiger partial charge in [0.05, 0.1) is 0 Å². The molecule has 0 nitrogen and oxygen atoms in total. The molecule has 0 aliphatic carbocycles. The van der Waals surface area contributed by atoms with Crippen LogP contribution in [0.1, 0.15) is 0 Å². The zero-order valence-corrected chi connectivity index (χ0v) is 7.43. The van der Waals surface area contributed by atoms with Crippen molar-refractivity contribution >= 4 is 41.4 Å². The van der Waals surface area contributed by atoms with Gasteiger partial charge in [0.2, 0.25) is 0 Å². The third kappa shape index (κ3) is 24.8. The quantitative estimate of drug-likeness (QED) is 0.339. The zero-order chi connectivity index (χ0) is 3.58. The molecule has 30 valence electrons. The predicted octanol–water partition coefficient (Wildman–Crippen LogP) is 0.852. The van der Waals surface area contributed by atoms with Crippen molar-refractivity contribution in [3.05, 3.63) is 0 Å². The fourth-order valence-corrected chi connectivity index (χ4v) is 0. The van der Waals surface area contributed by atoms with Crippen molar-refractivity contribution in [2.45, 2.75) is 0 Å². The maximum Gasteiger partial charge on any atom is 0.106 e. The van der Waals surface area contributed by atoms with Gasteiger partial charge < -0.3 is 24.5 Å². The fraction of sp³-hybridized carbons (Fsp3) is 0. The molecule has 0 heterocycles. The molecule has 0 spiro atoms. The van der Waals surface area contributed by atoms with Gasteiger partial charge in [-0.15, -0.1) is 0 Å². The molecule has 0 radical (unpaired) electrons. The van der Waals surface area contributed by atoms with Crippen LogP contribution in [0.15, 0.2) is 0 Å². The largest absolute Gasteiger partial charge is 0.503 e. The molecule has 0 atom stereocenters. The first-order chi connectivity index (χ1) is 1.73. The standard InChI is InChI=1S/Mo.HPS3/c;2-1(3)4/h;(H,2,3,4)/p-1. The summed E-state index contributed by atoms with van der Waals surface area (Å²) in [5.41, 5.74) is 0. The van der Waals surface area contributed by atoms with E-state index in [4.69, 9.17) is 0 Å². The molecule has 0 unspecified atom stereocenters. The third-order valence-electron chi connectivity index (χ3n) is 0. The summed E-state index contributed by atoms with van der Waals surface area (Å²) in [5.74, 6) is 0. The normalized spacial score (nSPS) is 5.20. The SMILES string of the molecule is S=[P+]([S-])[S-].[Mo]. The first-order valence-corrected chi connectivity index (χ1v) is 4.93. The Balaban J connectivity index is 0. The van der Waals surface area contributed by atoms with Crippen LogP contribution < -0.4 is 0 Å². The van der Waals surface area contributed by atoms with E-state index in [1.54, 1.807) is 0 Å². The molecule has 0 aliphatic rings. The fourth-order valence-electron chi connectivity index (χ4n) is 0. The predicted molar refractivity (Wildman–Crippen MR) is 29.0 cm³/mol. The van der Waals surface area contributed by atoms with Crippen LogP contribution >= 0.6 is 5.10 Å². The topological polar surface area (TPSA) is 0 Å². The first kappa shape index (κ1) is 10.0. The molecule has 0 bridgehead atoms. The van der Waals surface area contributed by atoms with Gasteiger partial charge in [-0.05, 0) is 0 Å². The first-order valence-electron chi connectivity index (χ1n) is 0.548. The van der Waals surface area contributed by atoms with Crippen LogP contribution in [0.5, 0.6) is 0 Å². The molecule has 0 N–H and O–H groups in total. The summed E-state index contributed by atoms with van der Waals surface area (Å²) in [6.45, 7) is 0. The molecular formula is MoPS3-. The Labute approximate surface area is 62.1 Å². The number of rotatable bonds is 0. The van der Waals surface area contributed by atoms with Crippen LogP contribution in [0.2, 0.25) is 0 Å². The van der Waals surface area contributed by atoms with Crippen molar-refractivity contribution < 1.29 is 21.1 Å². The molecule has 5 heavy (non-hydrogen) atoms. The van der Waals surface area contributed by atoms with Gasteiger partial charge in [0.1, 0.15) is 11.8 Å². The minimum Gasteiger partial charge on any atom is -0.503 e. The van der Waals surface area contributed by atoms with E-state index in [9.17, 15) is 0 Å². The smallest absolute Gasteiger partial charge is 0.106 e. The summed E-state index contributed by atoms with van der Waals surface area (Å²) in [6, 6.07) is 0. The van der Waals surface area contributed by atoms with E-state index in [1.807, 2.05) is 0 Å². The third-order valence-corrected chi connectivity index (χ3v) is 0. The molecule has 0 aromatic heterocycles. The van der Waals surface area contributed by atoms with Crippen molar-refractivity contribution in [2.75, 3.05) is 0 Å². The number of hydrogen-bond acceptors (Lipinski definition) is 3. The van der Waals surface area contributed by atoms with Crippen molar-refractivity contribution in [3.8, 4) is 0 Å². The van der Waals surface area contributed by atoms with Crippen LogP contribution in [-0.4, -0.2) is 0 Å². The van der Waals surface area contributed by atoms with E-state index in [-0.39, 0.29) is 21.1 Å². The van der Waals surface area contributed by atoms with Crippen molar-refractivity contribution in [1.82, 2.24) is 0 Å². The summed E-state index contributed by atoms with van der Waals surface area (Å²) in [4.78, 5) is 0. The summed E-state index contributed by atoms with van der Waals surface area (Å²) < 4.78 is 0. The van der Waals surface area contributed by atoms with Gasteiger partial charge in [-0.1, -0.05) is 5.10 Å². The Morgan fingerprint density at radius 3 is 1.40 bits per heavy atom. The van der Waals surface area contributed by atoms with Crippen molar-refractivity contribution in [2.24, 2.45) is 0 Å². The van der Waals surface area contributed by atoms with Crippen LogP contribution in [0.4, 0.5) is 0 Å². The molecule has 0 saturated carbocycles. The maximum absolute atomic E-state index is 4.31. The summed E-state index contributed by atoms with van der Waals surface area (Å²) in [6.07, 6.45) is 0. The second kappa shape index (κ2) is 5.91. The Morgan fingerprint density at radius 2 is 1.40 bits per heavy atom. The van der Waals surface area contributed by atoms with Gasteiger partial charge in [-0.25, -0.2) is 0 Å². The molecule has 5 heteroatoms. The Hall–Kier alpha value is 1.91. The summed E-state index contributed by atoms with van der Waals surface area (Å²) >= 11 is 12.9. The van der Waals surface area contributed by atoms with Gasteiger partial charge in [0.15, 0.2) is 0 Å². The number of hydrogen-bond donors (Lipinski definition) is 0. The average Bonchev–Trinajstić information content (AvgIpc) is 0.811. The van der Waals surface area contributed by atoms with Crippen LogP contribution in [-0.2, 0) is 57.4 Å². The van der Waals surface area contributed by atoms with Gasteiger partial charge in [-0.3, -0.25) is 0 Å². The van der Waals surface area contributed by atoms with E-state index in [1.165, 1.54) is 0 Å². The molecule has 0 aromatic rings. The van der Waals surface area contributed by atoms with E-state index < -0.39 is 5.10 Å². The summed E-state index contributed by atoms with van der Waals surface area (Å²) in [7, 11) is 0. The zero-order valence-electron chi connectivity index (χ0n) is 2.08. The second-order valence-electron chi connectivity index (χ2n) is 0.224. The van der Waals surface area contributed by atoms with E-state index in [0.29, 0.717) is 0 Å². The van der Waals surface area contributed by atoms with Crippen LogP contribution in [0.25, 0.3) is 0 Å². The van der Waals surface area contributed by atoms with Crippen molar-refractivity contribution in [3.63, 3.8) is 0 Å².